The lowest BCUT2D eigenvalue weighted by atomic mass is 10.2. The van der Waals surface area contributed by atoms with E-state index in [-0.39, 0.29) is 11.1 Å². The monoisotopic (exact) mass is 371 g/mol. The number of aromatic nitrogens is 2. The summed E-state index contributed by atoms with van der Waals surface area (Å²) in [4.78, 5) is 35.4. The molecule has 1 N–H and O–H groups in total. The van der Waals surface area contributed by atoms with Gasteiger partial charge in [0.05, 0.1) is 7.11 Å². The molecule has 1 aromatic carbocycles. The second kappa shape index (κ2) is 7.89. The average Bonchev–Trinajstić information content (AvgIpc) is 2.59. The van der Waals surface area contributed by atoms with Gasteiger partial charge in [0.15, 0.2) is 0 Å². The van der Waals surface area contributed by atoms with Gasteiger partial charge in [0.1, 0.15) is 18.8 Å². The summed E-state index contributed by atoms with van der Waals surface area (Å²) < 4.78 is 43.1. The summed E-state index contributed by atoms with van der Waals surface area (Å²) in [6, 6.07) is 6.95. The number of methoxy groups -OCH3 is 1. The first-order valence-corrected chi connectivity index (χ1v) is 7.46. The van der Waals surface area contributed by atoms with Crippen molar-refractivity contribution in [2.24, 2.45) is 0 Å². The van der Waals surface area contributed by atoms with Gasteiger partial charge in [-0.1, -0.05) is 12.1 Å². The summed E-state index contributed by atoms with van der Waals surface area (Å²) in [6.45, 7) is -1.88. The molecule has 10 heteroatoms. The molecule has 0 aliphatic rings. The lowest BCUT2D eigenvalue weighted by Crippen LogP contribution is -2.44. The molecule has 0 radical (unpaired) electrons. The zero-order chi connectivity index (χ0) is 19.3. The van der Waals surface area contributed by atoms with Crippen LogP contribution in [0.4, 0.5) is 13.2 Å². The SMILES string of the molecule is COc1cccc(CNC(=O)Cn2ccn(CC(F)(F)F)c(=O)c2=O)c1. The number of rotatable bonds is 6. The minimum atomic E-state index is -4.63. The Bertz CT molecular complexity index is 903. The second-order valence-electron chi connectivity index (χ2n) is 5.41. The van der Waals surface area contributed by atoms with Crippen LogP contribution in [-0.4, -0.2) is 28.3 Å². The Labute approximate surface area is 145 Å². The molecule has 2 rings (SSSR count). The molecule has 140 valence electrons. The van der Waals surface area contributed by atoms with Gasteiger partial charge in [0.2, 0.25) is 5.91 Å². The van der Waals surface area contributed by atoms with E-state index >= 15 is 0 Å². The van der Waals surface area contributed by atoms with E-state index in [0.717, 1.165) is 22.5 Å². The fraction of sp³-hybridized carbons (Fsp3) is 0.312. The van der Waals surface area contributed by atoms with Gasteiger partial charge in [0.25, 0.3) is 0 Å². The number of alkyl halides is 3. The summed E-state index contributed by atoms with van der Waals surface area (Å²) in [6.07, 6.45) is -2.83. The number of halogens is 3. The van der Waals surface area contributed by atoms with Crippen LogP contribution in [0.2, 0.25) is 0 Å². The van der Waals surface area contributed by atoms with Crippen LogP contribution in [0.5, 0.6) is 5.75 Å². The molecule has 7 nitrogen and oxygen atoms in total. The summed E-state index contributed by atoms with van der Waals surface area (Å²) in [7, 11) is 1.51. The number of carbonyl (C=O) groups excluding carboxylic acids is 1. The molecule has 0 fully saturated rings. The Morgan fingerprint density at radius 2 is 1.81 bits per heavy atom. The Morgan fingerprint density at radius 3 is 2.46 bits per heavy atom. The molecule has 26 heavy (non-hydrogen) atoms. The molecule has 0 saturated heterocycles. The number of ether oxygens (including phenoxy) is 1. The quantitative estimate of drug-likeness (QED) is 0.765. The lowest BCUT2D eigenvalue weighted by Gasteiger charge is -2.11. The molecular formula is C16H16F3N3O4. The zero-order valence-corrected chi connectivity index (χ0v) is 13.7. The van der Waals surface area contributed by atoms with Crippen LogP contribution in [0.1, 0.15) is 5.56 Å². The van der Waals surface area contributed by atoms with Gasteiger partial charge >= 0.3 is 17.3 Å². The first-order chi connectivity index (χ1) is 12.2. The fourth-order valence-electron chi connectivity index (χ4n) is 2.18. The molecule has 0 saturated carbocycles. The van der Waals surface area contributed by atoms with Gasteiger partial charge < -0.3 is 14.6 Å². The summed E-state index contributed by atoms with van der Waals surface area (Å²) in [5.41, 5.74) is -1.79. The predicted molar refractivity (Wildman–Crippen MR) is 85.9 cm³/mol. The highest BCUT2D eigenvalue weighted by molar-refractivity contribution is 5.75. The fourth-order valence-corrected chi connectivity index (χ4v) is 2.18. The minimum absolute atomic E-state index is 0.163. The number of carbonyl (C=O) groups is 1. The van der Waals surface area contributed by atoms with Crippen molar-refractivity contribution >= 4 is 5.91 Å². The van der Waals surface area contributed by atoms with E-state index in [2.05, 4.69) is 5.32 Å². The maximum atomic E-state index is 12.3. The maximum Gasteiger partial charge on any atom is 0.406 e. The van der Waals surface area contributed by atoms with Crippen molar-refractivity contribution < 1.29 is 22.7 Å². The third-order valence-corrected chi connectivity index (χ3v) is 3.42. The Morgan fingerprint density at radius 1 is 1.15 bits per heavy atom. The molecule has 0 atom stereocenters. The van der Waals surface area contributed by atoms with E-state index in [1.54, 1.807) is 24.3 Å². The largest absolute Gasteiger partial charge is 0.497 e. The minimum Gasteiger partial charge on any atom is -0.497 e. The van der Waals surface area contributed by atoms with Gasteiger partial charge in [-0.05, 0) is 17.7 Å². The van der Waals surface area contributed by atoms with Crippen molar-refractivity contribution in [1.29, 1.82) is 0 Å². The summed E-state index contributed by atoms with van der Waals surface area (Å²) in [5, 5.41) is 2.56. The van der Waals surface area contributed by atoms with E-state index in [0.29, 0.717) is 5.75 Å². The van der Waals surface area contributed by atoms with Crippen molar-refractivity contribution in [2.75, 3.05) is 7.11 Å². The van der Waals surface area contributed by atoms with E-state index < -0.39 is 36.3 Å². The van der Waals surface area contributed by atoms with Crippen molar-refractivity contribution in [3.8, 4) is 5.75 Å². The van der Waals surface area contributed by atoms with Crippen LogP contribution in [0, 0.1) is 0 Å². The molecule has 1 heterocycles. The van der Waals surface area contributed by atoms with Crippen LogP contribution in [0.25, 0.3) is 0 Å². The van der Waals surface area contributed by atoms with Crippen LogP contribution < -0.4 is 21.2 Å². The van der Waals surface area contributed by atoms with Crippen LogP contribution in [0.15, 0.2) is 46.2 Å². The van der Waals surface area contributed by atoms with Gasteiger partial charge in [0, 0.05) is 18.9 Å². The number of hydrogen-bond donors (Lipinski definition) is 1. The van der Waals surface area contributed by atoms with Crippen LogP contribution in [-0.2, 0) is 24.4 Å². The standard InChI is InChI=1S/C16H16F3N3O4/c1-26-12-4-2-3-11(7-12)8-20-13(23)9-21-5-6-22(10-16(17,18)19)15(25)14(21)24/h2-7H,8-10H2,1H3,(H,20,23). The smallest absolute Gasteiger partial charge is 0.406 e. The van der Waals surface area contributed by atoms with E-state index in [4.69, 9.17) is 4.74 Å². The summed E-state index contributed by atoms with van der Waals surface area (Å²) >= 11 is 0. The first-order valence-electron chi connectivity index (χ1n) is 7.46. The van der Waals surface area contributed by atoms with Gasteiger partial charge in [-0.3, -0.25) is 19.0 Å². The number of hydrogen-bond acceptors (Lipinski definition) is 4. The first kappa shape index (κ1) is 19.3. The average molecular weight is 371 g/mol. The van der Waals surface area contributed by atoms with Gasteiger partial charge in [-0.2, -0.15) is 13.2 Å². The van der Waals surface area contributed by atoms with Crippen molar-refractivity contribution in [3.05, 3.63) is 62.9 Å². The Balaban J connectivity index is 2.04. The van der Waals surface area contributed by atoms with Crippen LogP contribution >= 0.6 is 0 Å². The Hall–Kier alpha value is -3.04. The third-order valence-electron chi connectivity index (χ3n) is 3.42. The Kier molecular flexibility index (Phi) is 5.86. The van der Waals surface area contributed by atoms with Crippen LogP contribution in [0.3, 0.4) is 0 Å². The molecule has 2 aromatic rings. The number of amides is 1. The number of nitrogens with zero attached hydrogens (tertiary/aromatic N) is 2. The van der Waals surface area contributed by atoms with Crippen molar-refractivity contribution in [1.82, 2.24) is 14.5 Å². The highest BCUT2D eigenvalue weighted by Gasteiger charge is 2.28. The highest BCUT2D eigenvalue weighted by atomic mass is 19.4. The van der Waals surface area contributed by atoms with Gasteiger partial charge in [-0.15, -0.1) is 0 Å². The highest BCUT2D eigenvalue weighted by Crippen LogP contribution is 2.15. The predicted octanol–water partition coefficient (Wildman–Crippen LogP) is 0.897. The molecule has 1 aromatic heterocycles. The molecule has 0 bridgehead atoms. The molecule has 1 amide bonds. The number of benzene rings is 1. The molecular weight excluding hydrogens is 355 g/mol. The second-order valence-corrected chi connectivity index (χ2v) is 5.41. The molecule has 0 aliphatic carbocycles. The van der Waals surface area contributed by atoms with E-state index in [1.165, 1.54) is 7.11 Å². The van der Waals surface area contributed by atoms with E-state index in [1.807, 2.05) is 0 Å². The lowest BCUT2D eigenvalue weighted by molar-refractivity contribution is -0.141. The van der Waals surface area contributed by atoms with Crippen molar-refractivity contribution in [3.63, 3.8) is 0 Å². The molecule has 0 aliphatic heterocycles. The number of nitrogens with one attached hydrogen (secondary N) is 1. The molecule has 0 unspecified atom stereocenters. The van der Waals surface area contributed by atoms with Crippen molar-refractivity contribution in [2.45, 2.75) is 25.8 Å². The molecule has 0 spiro atoms. The van der Waals surface area contributed by atoms with Gasteiger partial charge in [-0.25, -0.2) is 0 Å². The van der Waals surface area contributed by atoms with E-state index in [9.17, 15) is 27.6 Å². The summed E-state index contributed by atoms with van der Waals surface area (Å²) in [5.74, 6) is 0.0455. The topological polar surface area (TPSA) is 82.3 Å². The normalized spacial score (nSPS) is 11.2. The zero-order valence-electron chi connectivity index (χ0n) is 13.7. The maximum absolute atomic E-state index is 12.3. The third kappa shape index (κ3) is 5.23.